The first-order valence-corrected chi connectivity index (χ1v) is 9.82. The van der Waals surface area contributed by atoms with E-state index >= 15 is 0 Å². The molecule has 0 amide bonds. The number of rotatable bonds is 7. The van der Waals surface area contributed by atoms with Gasteiger partial charge in [-0.25, -0.2) is 4.79 Å². The van der Waals surface area contributed by atoms with Gasteiger partial charge in [-0.15, -0.1) is 0 Å². The van der Waals surface area contributed by atoms with E-state index < -0.39 is 5.97 Å². The number of nitrogens with zero attached hydrogens (tertiary/aromatic N) is 1. The molecule has 162 valence electrons. The minimum absolute atomic E-state index is 0.250. The standard InChI is InChI=1S/C20H29NO5.CH2O2/c1-24-17-11-15(6-7-16(17)26-13-19(22)23)12-21-10-4-9-20(14-21)8-3-5-18(20)25-2;2-1-3/h6-7,11,18H,3-5,8-10,12-14H2,1-2H3,(H,22,23);1H,(H,2,3)/t18-,20+;/m1./s1. The summed E-state index contributed by atoms with van der Waals surface area (Å²) in [5.74, 6) is 0.0362. The van der Waals surface area contributed by atoms with E-state index in [0.29, 0.717) is 23.0 Å². The van der Waals surface area contributed by atoms with E-state index in [1.807, 2.05) is 19.2 Å². The molecule has 1 saturated carbocycles. The topological polar surface area (TPSA) is 106 Å². The minimum Gasteiger partial charge on any atom is -0.493 e. The SMILES string of the molecule is COc1cc(CN2CCC[C@@]3(CCC[C@H]3OC)C2)ccc1OCC(=O)O.O=CO. The van der Waals surface area contributed by atoms with Gasteiger partial charge in [0, 0.05) is 25.6 Å². The molecule has 2 fully saturated rings. The molecule has 8 nitrogen and oxygen atoms in total. The Balaban J connectivity index is 0.000000941. The highest BCUT2D eigenvalue weighted by atomic mass is 16.5. The zero-order chi connectivity index (χ0) is 21.3. The maximum absolute atomic E-state index is 10.7. The summed E-state index contributed by atoms with van der Waals surface area (Å²) >= 11 is 0. The second-order valence-corrected chi connectivity index (χ2v) is 7.57. The molecule has 8 heteroatoms. The molecule has 1 heterocycles. The van der Waals surface area contributed by atoms with Crippen molar-refractivity contribution in [2.75, 3.05) is 33.9 Å². The summed E-state index contributed by atoms with van der Waals surface area (Å²) in [4.78, 5) is 21.6. The molecule has 1 saturated heterocycles. The number of benzene rings is 1. The number of piperidine rings is 1. The van der Waals surface area contributed by atoms with Crippen molar-refractivity contribution in [3.8, 4) is 11.5 Å². The van der Waals surface area contributed by atoms with Gasteiger partial charge in [0.2, 0.25) is 0 Å². The van der Waals surface area contributed by atoms with Crippen molar-refractivity contribution in [1.29, 1.82) is 0 Å². The molecule has 0 radical (unpaired) electrons. The van der Waals surface area contributed by atoms with Gasteiger partial charge in [-0.2, -0.15) is 0 Å². The summed E-state index contributed by atoms with van der Waals surface area (Å²) in [5, 5.41) is 15.7. The molecular formula is C21H31NO7. The largest absolute Gasteiger partial charge is 0.493 e. The van der Waals surface area contributed by atoms with E-state index in [4.69, 9.17) is 29.2 Å². The first-order chi connectivity index (χ1) is 14.0. The van der Waals surface area contributed by atoms with Crippen molar-refractivity contribution in [2.24, 2.45) is 5.41 Å². The van der Waals surface area contributed by atoms with E-state index in [-0.39, 0.29) is 13.1 Å². The molecule has 0 bridgehead atoms. The van der Waals surface area contributed by atoms with Gasteiger partial charge in [0.1, 0.15) is 0 Å². The van der Waals surface area contributed by atoms with Gasteiger partial charge in [-0.05, 0) is 49.9 Å². The van der Waals surface area contributed by atoms with Crippen molar-refractivity contribution in [3.05, 3.63) is 23.8 Å². The number of aliphatic carboxylic acids is 1. The second kappa shape index (κ2) is 11.0. The molecule has 3 rings (SSSR count). The number of likely N-dealkylation sites (tertiary alicyclic amines) is 1. The highest BCUT2D eigenvalue weighted by Crippen LogP contribution is 2.46. The Bertz CT molecular complexity index is 681. The number of methoxy groups -OCH3 is 2. The number of carboxylic acids is 1. The van der Waals surface area contributed by atoms with E-state index in [2.05, 4.69) is 4.90 Å². The van der Waals surface area contributed by atoms with Crippen LogP contribution in [0.5, 0.6) is 11.5 Å². The van der Waals surface area contributed by atoms with Crippen LogP contribution < -0.4 is 9.47 Å². The first kappa shape index (κ1) is 23.0. The Hall–Kier alpha value is -2.32. The smallest absolute Gasteiger partial charge is 0.341 e. The van der Waals surface area contributed by atoms with Gasteiger partial charge in [0.05, 0.1) is 13.2 Å². The molecule has 1 aromatic rings. The number of hydrogen-bond acceptors (Lipinski definition) is 6. The van der Waals surface area contributed by atoms with Crippen LogP contribution in [0.25, 0.3) is 0 Å². The predicted molar refractivity (Wildman–Crippen MR) is 106 cm³/mol. The molecule has 1 aliphatic heterocycles. The van der Waals surface area contributed by atoms with E-state index in [1.54, 1.807) is 13.2 Å². The Morgan fingerprint density at radius 1 is 1.28 bits per heavy atom. The summed E-state index contributed by atoms with van der Waals surface area (Å²) in [6.07, 6.45) is 6.53. The van der Waals surface area contributed by atoms with Crippen molar-refractivity contribution < 1.29 is 34.0 Å². The fourth-order valence-corrected chi connectivity index (χ4v) is 4.66. The fourth-order valence-electron chi connectivity index (χ4n) is 4.66. The molecule has 0 unspecified atom stereocenters. The average molecular weight is 409 g/mol. The Morgan fingerprint density at radius 2 is 2.00 bits per heavy atom. The first-order valence-electron chi connectivity index (χ1n) is 9.82. The zero-order valence-corrected chi connectivity index (χ0v) is 17.1. The molecule has 0 aromatic heterocycles. The second-order valence-electron chi connectivity index (χ2n) is 7.57. The van der Waals surface area contributed by atoms with Crippen molar-refractivity contribution in [3.63, 3.8) is 0 Å². The molecule has 2 atom stereocenters. The molecule has 1 aliphatic carbocycles. The van der Waals surface area contributed by atoms with Gasteiger partial charge in [-0.1, -0.05) is 12.5 Å². The lowest BCUT2D eigenvalue weighted by atomic mass is 9.76. The Morgan fingerprint density at radius 3 is 2.66 bits per heavy atom. The molecule has 2 N–H and O–H groups in total. The summed E-state index contributed by atoms with van der Waals surface area (Å²) < 4.78 is 16.5. The molecule has 1 aromatic carbocycles. The van der Waals surface area contributed by atoms with Crippen LogP contribution in [0.4, 0.5) is 0 Å². The van der Waals surface area contributed by atoms with Crippen LogP contribution in [-0.4, -0.2) is 67.6 Å². The van der Waals surface area contributed by atoms with E-state index in [0.717, 1.165) is 25.2 Å². The molecule has 1 spiro atoms. The van der Waals surface area contributed by atoms with Gasteiger partial charge in [0.15, 0.2) is 18.1 Å². The van der Waals surface area contributed by atoms with Crippen molar-refractivity contribution in [2.45, 2.75) is 44.8 Å². The van der Waals surface area contributed by atoms with E-state index in [1.165, 1.54) is 32.1 Å². The Kier molecular flexibility index (Phi) is 8.72. The predicted octanol–water partition coefficient (Wildman–Crippen LogP) is 2.64. The molecule has 29 heavy (non-hydrogen) atoms. The quantitative estimate of drug-likeness (QED) is 0.662. The number of carboxylic acid groups (broad SMARTS) is 2. The maximum Gasteiger partial charge on any atom is 0.341 e. The monoisotopic (exact) mass is 409 g/mol. The summed E-state index contributed by atoms with van der Waals surface area (Å²) in [7, 11) is 3.42. The van der Waals surface area contributed by atoms with Crippen LogP contribution in [0.3, 0.4) is 0 Å². The van der Waals surface area contributed by atoms with Crippen LogP contribution in [-0.2, 0) is 20.9 Å². The van der Waals surface area contributed by atoms with Gasteiger partial charge in [0.25, 0.3) is 6.47 Å². The lowest BCUT2D eigenvalue weighted by Gasteiger charge is -2.43. The zero-order valence-electron chi connectivity index (χ0n) is 17.1. The lowest BCUT2D eigenvalue weighted by molar-refractivity contribution is -0.139. The number of hydrogen-bond donors (Lipinski definition) is 2. The normalized spacial score (nSPS) is 23.9. The van der Waals surface area contributed by atoms with Crippen LogP contribution in [0.15, 0.2) is 18.2 Å². The number of carbonyl (C=O) groups is 2. The lowest BCUT2D eigenvalue weighted by Crippen LogP contribution is -2.47. The molecular weight excluding hydrogens is 378 g/mol. The summed E-state index contributed by atoms with van der Waals surface area (Å²) in [5.41, 5.74) is 1.45. The summed E-state index contributed by atoms with van der Waals surface area (Å²) in [6, 6.07) is 5.73. The van der Waals surface area contributed by atoms with Crippen molar-refractivity contribution in [1.82, 2.24) is 4.90 Å². The van der Waals surface area contributed by atoms with Gasteiger partial charge < -0.3 is 24.4 Å². The third-order valence-electron chi connectivity index (χ3n) is 5.78. The fraction of sp³-hybridized carbons (Fsp3) is 0.619. The highest BCUT2D eigenvalue weighted by Gasteiger charge is 2.45. The number of ether oxygens (including phenoxy) is 3. The van der Waals surface area contributed by atoms with Crippen LogP contribution in [0, 0.1) is 5.41 Å². The van der Waals surface area contributed by atoms with Crippen LogP contribution in [0.2, 0.25) is 0 Å². The van der Waals surface area contributed by atoms with Gasteiger partial charge >= 0.3 is 5.97 Å². The third kappa shape index (κ3) is 6.08. The maximum atomic E-state index is 10.7. The van der Waals surface area contributed by atoms with Gasteiger partial charge in [-0.3, -0.25) is 9.69 Å². The van der Waals surface area contributed by atoms with Crippen molar-refractivity contribution >= 4 is 12.4 Å². The van der Waals surface area contributed by atoms with Crippen LogP contribution in [0.1, 0.15) is 37.7 Å². The van der Waals surface area contributed by atoms with E-state index in [9.17, 15) is 4.79 Å². The summed E-state index contributed by atoms with van der Waals surface area (Å²) in [6.45, 7) is 2.40. The van der Waals surface area contributed by atoms with Crippen LogP contribution >= 0.6 is 0 Å². The average Bonchev–Trinajstić information content (AvgIpc) is 3.08. The minimum atomic E-state index is -1.00. The molecule has 2 aliphatic rings. The Labute approximate surface area is 171 Å². The third-order valence-corrected chi connectivity index (χ3v) is 5.78. The highest BCUT2D eigenvalue weighted by molar-refractivity contribution is 5.68.